The maximum absolute atomic E-state index is 10.5. The van der Waals surface area contributed by atoms with Gasteiger partial charge in [0.25, 0.3) is 0 Å². The Bertz CT molecular complexity index is 532. The maximum Gasteiger partial charge on any atom is 0.207 e. The first kappa shape index (κ1) is 19.8. The predicted molar refractivity (Wildman–Crippen MR) is 112 cm³/mol. The van der Waals surface area contributed by atoms with Crippen LogP contribution in [-0.4, -0.2) is 13.0 Å². The molecule has 4 saturated carbocycles. The Hall–Kier alpha value is -0.530. The average Bonchev–Trinajstić information content (AvgIpc) is 3.00. The molecule has 27 heavy (non-hydrogen) atoms. The molecule has 1 N–H and O–H groups in total. The van der Waals surface area contributed by atoms with Crippen LogP contribution in [0.3, 0.4) is 0 Å². The first-order valence-electron chi connectivity index (χ1n) is 12.2. The molecular formula is C25H43NO. The van der Waals surface area contributed by atoms with Gasteiger partial charge in [0.05, 0.1) is 0 Å². The number of carbonyl (C=O) groups excluding carboxylic acids is 1. The van der Waals surface area contributed by atoms with Crippen LogP contribution in [0, 0.1) is 46.3 Å². The van der Waals surface area contributed by atoms with Gasteiger partial charge in [-0.15, -0.1) is 0 Å². The number of carbonyl (C=O) groups is 1. The Labute approximate surface area is 167 Å². The summed E-state index contributed by atoms with van der Waals surface area (Å²) in [6, 6.07) is 0. The topological polar surface area (TPSA) is 29.1 Å². The summed E-state index contributed by atoms with van der Waals surface area (Å²) in [7, 11) is 0. The van der Waals surface area contributed by atoms with E-state index in [0.717, 1.165) is 54.9 Å². The van der Waals surface area contributed by atoms with E-state index in [-0.39, 0.29) is 0 Å². The third-order valence-corrected chi connectivity index (χ3v) is 10.4. The molecule has 154 valence electrons. The zero-order valence-corrected chi connectivity index (χ0v) is 18.1. The minimum Gasteiger partial charge on any atom is -0.359 e. The fourth-order valence-corrected chi connectivity index (χ4v) is 9.11. The summed E-state index contributed by atoms with van der Waals surface area (Å²) < 4.78 is 0. The van der Waals surface area contributed by atoms with Crippen molar-refractivity contribution in [2.75, 3.05) is 6.54 Å². The molecule has 4 rings (SSSR count). The van der Waals surface area contributed by atoms with Crippen LogP contribution in [0.1, 0.15) is 97.8 Å². The first-order chi connectivity index (χ1) is 13.0. The highest BCUT2D eigenvalue weighted by Gasteiger charge is 2.60. The lowest BCUT2D eigenvalue weighted by Gasteiger charge is -2.62. The van der Waals surface area contributed by atoms with Crippen molar-refractivity contribution in [3.8, 4) is 0 Å². The molecule has 0 aromatic rings. The van der Waals surface area contributed by atoms with Crippen molar-refractivity contribution in [3.63, 3.8) is 0 Å². The Morgan fingerprint density at radius 1 is 0.963 bits per heavy atom. The Morgan fingerprint density at radius 2 is 1.78 bits per heavy atom. The summed E-state index contributed by atoms with van der Waals surface area (Å²) in [5.74, 6) is 5.91. The lowest BCUT2D eigenvalue weighted by molar-refractivity contribution is -0.135. The summed E-state index contributed by atoms with van der Waals surface area (Å²) in [4.78, 5) is 10.5. The maximum atomic E-state index is 10.5. The highest BCUT2D eigenvalue weighted by atomic mass is 16.1. The fourth-order valence-electron chi connectivity index (χ4n) is 9.11. The number of hydrogen-bond donors (Lipinski definition) is 1. The second-order valence-corrected chi connectivity index (χ2v) is 11.2. The highest BCUT2D eigenvalue weighted by Crippen LogP contribution is 2.69. The molecule has 4 aliphatic carbocycles. The third kappa shape index (κ3) is 3.18. The molecule has 1 amide bonds. The molecule has 4 aliphatic rings. The minimum absolute atomic E-state index is 0.582. The van der Waals surface area contributed by atoms with Crippen LogP contribution in [0.2, 0.25) is 0 Å². The molecule has 0 aromatic heterocycles. The van der Waals surface area contributed by atoms with Crippen molar-refractivity contribution < 1.29 is 4.79 Å². The van der Waals surface area contributed by atoms with Gasteiger partial charge in [-0.3, -0.25) is 4.79 Å². The molecule has 0 spiro atoms. The van der Waals surface area contributed by atoms with Gasteiger partial charge in [-0.1, -0.05) is 40.0 Å². The van der Waals surface area contributed by atoms with Gasteiger partial charge in [0.15, 0.2) is 0 Å². The third-order valence-electron chi connectivity index (χ3n) is 10.4. The van der Waals surface area contributed by atoms with E-state index in [0.29, 0.717) is 10.8 Å². The number of rotatable bonds is 6. The molecule has 0 radical (unpaired) electrons. The van der Waals surface area contributed by atoms with Crippen LogP contribution in [0.25, 0.3) is 0 Å². The zero-order valence-electron chi connectivity index (χ0n) is 18.1. The van der Waals surface area contributed by atoms with Crippen LogP contribution < -0.4 is 5.32 Å². The van der Waals surface area contributed by atoms with Crippen molar-refractivity contribution in [3.05, 3.63) is 0 Å². The van der Waals surface area contributed by atoms with Crippen molar-refractivity contribution >= 4 is 6.41 Å². The fraction of sp³-hybridized carbons (Fsp3) is 0.960. The van der Waals surface area contributed by atoms with E-state index in [1.54, 1.807) is 6.42 Å². The standard InChI is InChI=1S/C25H43NO/c1-4-18-16-20-22-11-10-19(8-7-15-26-17-27)24(22,2)14-12-23(20)25(3)13-6-5-9-21(18)25/h17-23H,4-16H2,1-3H3,(H,26,27)/t18-,19?,20?,21?,22?,23-,24?,25?/m0/s1. The normalized spacial score (nSPS) is 49.0. The molecule has 0 saturated heterocycles. The van der Waals surface area contributed by atoms with Crippen molar-refractivity contribution in [2.24, 2.45) is 46.3 Å². The van der Waals surface area contributed by atoms with Crippen molar-refractivity contribution in [1.82, 2.24) is 5.32 Å². The first-order valence-corrected chi connectivity index (χ1v) is 12.2. The van der Waals surface area contributed by atoms with Crippen LogP contribution in [-0.2, 0) is 4.79 Å². The molecule has 4 fully saturated rings. The van der Waals surface area contributed by atoms with Gasteiger partial charge in [-0.05, 0) is 104 Å². The molecule has 0 heterocycles. The molecule has 6 unspecified atom stereocenters. The number of fused-ring (bicyclic) bond motifs is 5. The van der Waals surface area contributed by atoms with Gasteiger partial charge in [-0.2, -0.15) is 0 Å². The van der Waals surface area contributed by atoms with Gasteiger partial charge in [0.1, 0.15) is 0 Å². The van der Waals surface area contributed by atoms with Crippen LogP contribution >= 0.6 is 0 Å². The SMILES string of the molecule is CC[C@H]1CC2C3CCC(CCCNC=O)C3(C)CC[C@@H]2C2(C)CCCCC12. The summed E-state index contributed by atoms with van der Waals surface area (Å²) in [6.07, 6.45) is 18.2. The van der Waals surface area contributed by atoms with E-state index < -0.39 is 0 Å². The predicted octanol–water partition coefficient (Wildman–Crippen LogP) is 6.20. The van der Waals surface area contributed by atoms with E-state index in [4.69, 9.17) is 0 Å². The molecule has 0 aliphatic heterocycles. The molecule has 0 aromatic carbocycles. The summed E-state index contributed by atoms with van der Waals surface area (Å²) in [6.45, 7) is 8.72. The number of amides is 1. The van der Waals surface area contributed by atoms with Crippen LogP contribution in [0.5, 0.6) is 0 Å². The minimum atomic E-state index is 0.582. The highest BCUT2D eigenvalue weighted by molar-refractivity contribution is 5.45. The second kappa shape index (κ2) is 7.71. The van der Waals surface area contributed by atoms with E-state index in [2.05, 4.69) is 26.1 Å². The van der Waals surface area contributed by atoms with E-state index in [1.807, 2.05) is 0 Å². The van der Waals surface area contributed by atoms with Gasteiger partial charge in [0, 0.05) is 6.54 Å². The smallest absolute Gasteiger partial charge is 0.207 e. The van der Waals surface area contributed by atoms with Gasteiger partial charge < -0.3 is 5.32 Å². The van der Waals surface area contributed by atoms with E-state index in [9.17, 15) is 4.79 Å². The zero-order chi connectivity index (χ0) is 19.1. The number of hydrogen-bond acceptors (Lipinski definition) is 1. The van der Waals surface area contributed by atoms with E-state index >= 15 is 0 Å². The molecular weight excluding hydrogens is 330 g/mol. The quantitative estimate of drug-likeness (QED) is 0.436. The largest absolute Gasteiger partial charge is 0.359 e. The monoisotopic (exact) mass is 373 g/mol. The molecule has 2 nitrogen and oxygen atoms in total. The van der Waals surface area contributed by atoms with Gasteiger partial charge in [0.2, 0.25) is 6.41 Å². The molecule has 0 bridgehead atoms. The van der Waals surface area contributed by atoms with Crippen molar-refractivity contribution in [1.29, 1.82) is 0 Å². The lowest BCUT2D eigenvalue weighted by atomic mass is 9.42. The van der Waals surface area contributed by atoms with Crippen molar-refractivity contribution in [2.45, 2.75) is 97.8 Å². The lowest BCUT2D eigenvalue weighted by Crippen LogP contribution is -2.55. The van der Waals surface area contributed by atoms with Crippen LogP contribution in [0.15, 0.2) is 0 Å². The molecule has 2 heteroatoms. The average molecular weight is 374 g/mol. The number of nitrogens with one attached hydrogen (secondary N) is 1. The summed E-state index contributed by atoms with van der Waals surface area (Å²) in [5.41, 5.74) is 1.23. The Morgan fingerprint density at radius 3 is 2.56 bits per heavy atom. The summed E-state index contributed by atoms with van der Waals surface area (Å²) >= 11 is 0. The summed E-state index contributed by atoms with van der Waals surface area (Å²) in [5, 5.41) is 2.87. The van der Waals surface area contributed by atoms with Crippen LogP contribution in [0.4, 0.5) is 0 Å². The Kier molecular flexibility index (Phi) is 5.65. The van der Waals surface area contributed by atoms with Gasteiger partial charge >= 0.3 is 0 Å². The van der Waals surface area contributed by atoms with Gasteiger partial charge in [-0.25, -0.2) is 0 Å². The van der Waals surface area contributed by atoms with E-state index in [1.165, 1.54) is 64.2 Å². The second-order valence-electron chi connectivity index (χ2n) is 11.2. The molecule has 8 atom stereocenters. The Balaban J connectivity index is 1.52.